The third kappa shape index (κ3) is 2.44. The highest BCUT2D eigenvalue weighted by atomic mass is 16.5. The first-order valence-corrected chi connectivity index (χ1v) is 4.92. The van der Waals surface area contributed by atoms with Crippen molar-refractivity contribution in [3.63, 3.8) is 0 Å². The van der Waals surface area contributed by atoms with E-state index in [9.17, 15) is 9.90 Å². The van der Waals surface area contributed by atoms with Crippen molar-refractivity contribution in [1.82, 2.24) is 0 Å². The molecule has 1 fully saturated rings. The Hall–Kier alpha value is -0.570. The minimum Gasteiger partial charge on any atom is -0.467 e. The first-order valence-electron chi connectivity index (χ1n) is 4.92. The summed E-state index contributed by atoms with van der Waals surface area (Å²) in [6.07, 6.45) is 3.78. The van der Waals surface area contributed by atoms with Gasteiger partial charge in [0.25, 0.3) is 0 Å². The predicted octanol–water partition coefficient (Wildman–Crippen LogP) is 1.35. The summed E-state index contributed by atoms with van der Waals surface area (Å²) in [5.41, 5.74) is 0. The Morgan fingerprint density at radius 1 is 1.46 bits per heavy atom. The van der Waals surface area contributed by atoms with Gasteiger partial charge in [-0.3, -0.25) is 0 Å². The van der Waals surface area contributed by atoms with Crippen LogP contribution >= 0.6 is 0 Å². The number of hydrogen-bond acceptors (Lipinski definition) is 3. The quantitative estimate of drug-likeness (QED) is 0.677. The van der Waals surface area contributed by atoms with Crippen LogP contribution in [0.15, 0.2) is 0 Å². The molecule has 1 aliphatic carbocycles. The van der Waals surface area contributed by atoms with Gasteiger partial charge < -0.3 is 9.84 Å². The minimum absolute atomic E-state index is 0.0370. The fraction of sp³-hybridized carbons (Fsp3) is 0.900. The van der Waals surface area contributed by atoms with Gasteiger partial charge in [-0.05, 0) is 11.8 Å². The molecule has 0 aromatic carbocycles. The summed E-state index contributed by atoms with van der Waals surface area (Å²) in [5.74, 6) is 0.0310. The van der Waals surface area contributed by atoms with E-state index in [2.05, 4.69) is 4.74 Å². The van der Waals surface area contributed by atoms with Crippen molar-refractivity contribution >= 4 is 5.97 Å². The number of methoxy groups -OCH3 is 1. The molecule has 2 atom stereocenters. The average Bonchev–Trinajstić information content (AvgIpc) is 2.67. The molecule has 1 rings (SSSR count). The van der Waals surface area contributed by atoms with Crippen LogP contribution in [-0.2, 0) is 9.53 Å². The molecule has 0 heterocycles. The number of carbonyl (C=O) groups is 1. The number of aliphatic hydroxyl groups is 1. The maximum Gasteiger partial charge on any atom is 0.334 e. The largest absolute Gasteiger partial charge is 0.467 e. The van der Waals surface area contributed by atoms with Crippen LogP contribution in [0, 0.1) is 11.8 Å². The van der Waals surface area contributed by atoms with Gasteiger partial charge in [0.15, 0.2) is 6.10 Å². The molecule has 3 heteroatoms. The molecule has 0 spiro atoms. The van der Waals surface area contributed by atoms with Crippen LogP contribution in [0.4, 0.5) is 0 Å². The van der Waals surface area contributed by atoms with Crippen molar-refractivity contribution in [3.8, 4) is 0 Å². The molecule has 0 aromatic heterocycles. The van der Waals surface area contributed by atoms with Crippen molar-refractivity contribution in [1.29, 1.82) is 0 Å². The van der Waals surface area contributed by atoms with E-state index >= 15 is 0 Å². The molecular weight excluding hydrogens is 168 g/mol. The smallest absolute Gasteiger partial charge is 0.334 e. The maximum atomic E-state index is 11.0. The number of carbonyl (C=O) groups excluding carboxylic acids is 1. The predicted molar refractivity (Wildman–Crippen MR) is 49.1 cm³/mol. The van der Waals surface area contributed by atoms with E-state index in [4.69, 9.17) is 0 Å². The number of hydrogen-bond donors (Lipinski definition) is 1. The lowest BCUT2D eigenvalue weighted by atomic mass is 9.88. The van der Waals surface area contributed by atoms with E-state index in [1.54, 1.807) is 0 Å². The van der Waals surface area contributed by atoms with E-state index in [1.165, 1.54) is 20.0 Å². The molecule has 0 amide bonds. The lowest BCUT2D eigenvalue weighted by Gasteiger charge is -2.22. The molecule has 0 aromatic rings. The maximum absolute atomic E-state index is 11.0. The molecule has 2 unspecified atom stereocenters. The average molecular weight is 186 g/mol. The zero-order valence-corrected chi connectivity index (χ0v) is 8.32. The summed E-state index contributed by atoms with van der Waals surface area (Å²) >= 11 is 0. The summed E-state index contributed by atoms with van der Waals surface area (Å²) in [4.78, 5) is 11.0. The zero-order chi connectivity index (χ0) is 9.84. The van der Waals surface area contributed by atoms with Crippen LogP contribution in [0.5, 0.6) is 0 Å². The Kier molecular flexibility index (Phi) is 3.72. The Morgan fingerprint density at radius 2 is 2.00 bits per heavy atom. The van der Waals surface area contributed by atoms with Gasteiger partial charge in [0.1, 0.15) is 0 Å². The lowest BCUT2D eigenvalue weighted by Crippen LogP contribution is -2.32. The van der Waals surface area contributed by atoms with Gasteiger partial charge in [-0.15, -0.1) is 0 Å². The highest BCUT2D eigenvalue weighted by Crippen LogP contribution is 2.32. The van der Waals surface area contributed by atoms with Crippen LogP contribution in [0.25, 0.3) is 0 Å². The minimum atomic E-state index is -0.937. The molecule has 0 radical (unpaired) electrons. The van der Waals surface area contributed by atoms with Gasteiger partial charge in [0, 0.05) is 0 Å². The van der Waals surface area contributed by atoms with E-state index in [0.717, 1.165) is 12.8 Å². The second-order valence-electron chi connectivity index (χ2n) is 3.87. The molecule has 0 bridgehead atoms. The van der Waals surface area contributed by atoms with Gasteiger partial charge in [-0.25, -0.2) is 4.79 Å². The highest BCUT2D eigenvalue weighted by molar-refractivity contribution is 5.74. The van der Waals surface area contributed by atoms with Crippen molar-refractivity contribution in [2.45, 2.75) is 38.7 Å². The zero-order valence-electron chi connectivity index (χ0n) is 8.32. The fourth-order valence-electron chi connectivity index (χ4n) is 2.08. The molecule has 1 aliphatic rings. The number of esters is 1. The number of aliphatic hydroxyl groups excluding tert-OH is 1. The third-order valence-electron chi connectivity index (χ3n) is 3.08. The molecular formula is C10H18O3. The van der Waals surface area contributed by atoms with Crippen molar-refractivity contribution in [3.05, 3.63) is 0 Å². The van der Waals surface area contributed by atoms with Crippen LogP contribution in [0.2, 0.25) is 0 Å². The topological polar surface area (TPSA) is 46.5 Å². The summed E-state index contributed by atoms with van der Waals surface area (Å²) in [7, 11) is 1.31. The van der Waals surface area contributed by atoms with Gasteiger partial charge in [-0.2, -0.15) is 0 Å². The Labute approximate surface area is 79.1 Å². The molecule has 0 aliphatic heterocycles. The molecule has 0 saturated heterocycles. The first kappa shape index (κ1) is 10.5. The second-order valence-corrected chi connectivity index (χ2v) is 3.87. The molecule has 3 nitrogen and oxygen atoms in total. The summed E-state index contributed by atoms with van der Waals surface area (Å²) in [6.45, 7) is 1.93. The van der Waals surface area contributed by atoms with Crippen LogP contribution in [0.1, 0.15) is 32.6 Å². The Balaban J connectivity index is 2.45. The Morgan fingerprint density at radius 3 is 2.46 bits per heavy atom. The second kappa shape index (κ2) is 4.61. The van der Waals surface area contributed by atoms with E-state index in [1.807, 2.05) is 6.92 Å². The molecule has 76 valence electrons. The van der Waals surface area contributed by atoms with Crippen molar-refractivity contribution in [2.24, 2.45) is 11.8 Å². The summed E-state index contributed by atoms with van der Waals surface area (Å²) in [6, 6.07) is 0. The van der Waals surface area contributed by atoms with Gasteiger partial charge in [-0.1, -0.05) is 32.6 Å². The first-order chi connectivity index (χ1) is 6.16. The molecule has 1 N–H and O–H groups in total. The Bertz CT molecular complexity index is 173. The van der Waals surface area contributed by atoms with Gasteiger partial charge in [0.05, 0.1) is 7.11 Å². The fourth-order valence-corrected chi connectivity index (χ4v) is 2.08. The van der Waals surface area contributed by atoms with Crippen LogP contribution in [-0.4, -0.2) is 24.3 Å². The normalized spacial score (nSPS) is 22.7. The van der Waals surface area contributed by atoms with Crippen molar-refractivity contribution < 1.29 is 14.6 Å². The van der Waals surface area contributed by atoms with E-state index in [-0.39, 0.29) is 5.92 Å². The summed E-state index contributed by atoms with van der Waals surface area (Å²) < 4.78 is 4.50. The van der Waals surface area contributed by atoms with Crippen molar-refractivity contribution in [2.75, 3.05) is 7.11 Å². The number of rotatable bonds is 3. The number of ether oxygens (including phenoxy) is 1. The summed E-state index contributed by atoms with van der Waals surface area (Å²) in [5, 5.41) is 9.57. The standard InChI is InChI=1S/C10H18O3/c1-7(8-5-3-4-6-8)9(11)10(12)13-2/h7-9,11H,3-6H2,1-2H3. The highest BCUT2D eigenvalue weighted by Gasteiger charge is 2.31. The van der Waals surface area contributed by atoms with Gasteiger partial charge >= 0.3 is 5.97 Å². The SMILES string of the molecule is COC(=O)C(O)C(C)C1CCCC1. The monoisotopic (exact) mass is 186 g/mol. The van der Waals surface area contributed by atoms with Crippen LogP contribution in [0.3, 0.4) is 0 Å². The van der Waals surface area contributed by atoms with Gasteiger partial charge in [0.2, 0.25) is 0 Å². The van der Waals surface area contributed by atoms with Crippen LogP contribution < -0.4 is 0 Å². The van der Waals surface area contributed by atoms with E-state index in [0.29, 0.717) is 5.92 Å². The van der Waals surface area contributed by atoms with E-state index < -0.39 is 12.1 Å². The third-order valence-corrected chi connectivity index (χ3v) is 3.08. The molecule has 13 heavy (non-hydrogen) atoms. The lowest BCUT2D eigenvalue weighted by molar-refractivity contribution is -0.154. The molecule has 1 saturated carbocycles.